The number of aryl methyl sites for hydroxylation is 1. The highest BCUT2D eigenvalue weighted by Crippen LogP contribution is 2.39. The van der Waals surface area contributed by atoms with Crippen LogP contribution in [0.15, 0.2) is 30.5 Å². The number of rotatable bonds is 6. The van der Waals surface area contributed by atoms with Crippen molar-refractivity contribution in [3.8, 4) is 11.5 Å². The third kappa shape index (κ3) is 4.48. The maximum Gasteiger partial charge on any atom is 0.433 e. The van der Waals surface area contributed by atoms with Crippen LogP contribution >= 0.6 is 0 Å². The summed E-state index contributed by atoms with van der Waals surface area (Å²) in [5.74, 6) is 1.83. The van der Waals surface area contributed by atoms with Crippen molar-refractivity contribution in [2.75, 3.05) is 12.4 Å². The maximum absolute atomic E-state index is 13.0. The predicted octanol–water partition coefficient (Wildman–Crippen LogP) is 4.05. The molecule has 3 aromatic rings. The minimum absolute atomic E-state index is 0.300. The minimum atomic E-state index is -4.52. The zero-order valence-corrected chi connectivity index (χ0v) is 17.1. The van der Waals surface area contributed by atoms with E-state index < -0.39 is 24.0 Å². The summed E-state index contributed by atoms with van der Waals surface area (Å²) in [6.45, 7) is 3.46. The highest BCUT2D eigenvalue weighted by molar-refractivity contribution is 5.92. The number of aromatic nitrogens is 3. The Hall–Kier alpha value is -3.14. The van der Waals surface area contributed by atoms with Gasteiger partial charge in [-0.3, -0.25) is 4.98 Å². The fraction of sp³-hybridized carbons (Fsp3) is 0.381. The molecule has 1 aromatic carbocycles. The lowest BCUT2D eigenvalue weighted by molar-refractivity contribution is -0.141. The Labute approximate surface area is 176 Å². The fourth-order valence-corrected chi connectivity index (χ4v) is 3.22. The zero-order chi connectivity index (χ0) is 22.3. The summed E-state index contributed by atoms with van der Waals surface area (Å²) < 4.78 is 50.3. The third-order valence-electron chi connectivity index (χ3n) is 5.00. The lowest BCUT2D eigenvalue weighted by atomic mass is 10.1. The molecule has 1 saturated carbocycles. The molecule has 0 saturated heterocycles. The van der Waals surface area contributed by atoms with Crippen molar-refractivity contribution in [1.82, 2.24) is 15.0 Å². The number of halogens is 3. The van der Waals surface area contributed by atoms with Gasteiger partial charge in [0.05, 0.1) is 24.8 Å². The van der Waals surface area contributed by atoms with Crippen LogP contribution in [-0.2, 0) is 6.18 Å². The molecule has 7 nitrogen and oxygen atoms in total. The topological polar surface area (TPSA) is 89.4 Å². The first-order valence-corrected chi connectivity index (χ1v) is 9.66. The summed E-state index contributed by atoms with van der Waals surface area (Å²) in [6, 6.07) is 5.47. The average Bonchev–Trinajstić information content (AvgIpc) is 3.41. The van der Waals surface area contributed by atoms with Crippen LogP contribution in [-0.4, -0.2) is 39.4 Å². The Morgan fingerprint density at radius 2 is 1.94 bits per heavy atom. The Morgan fingerprint density at radius 3 is 2.58 bits per heavy atom. The number of benzene rings is 1. The number of anilines is 1. The highest BCUT2D eigenvalue weighted by Gasteiger charge is 2.38. The van der Waals surface area contributed by atoms with Gasteiger partial charge < -0.3 is 19.9 Å². The number of pyridine rings is 1. The number of nitrogens with zero attached hydrogens (tertiary/aromatic N) is 3. The molecule has 31 heavy (non-hydrogen) atoms. The van der Waals surface area contributed by atoms with Crippen LogP contribution in [0.2, 0.25) is 0 Å². The van der Waals surface area contributed by atoms with E-state index in [0.29, 0.717) is 46.0 Å². The van der Waals surface area contributed by atoms with Crippen LogP contribution in [0.3, 0.4) is 0 Å². The van der Waals surface area contributed by atoms with E-state index >= 15 is 0 Å². The van der Waals surface area contributed by atoms with Crippen molar-refractivity contribution in [1.29, 1.82) is 0 Å². The molecule has 164 valence electrons. The van der Waals surface area contributed by atoms with Crippen molar-refractivity contribution in [3.05, 3.63) is 47.5 Å². The Kier molecular flexibility index (Phi) is 5.34. The molecule has 0 radical (unpaired) electrons. The molecule has 0 spiro atoms. The SMILES string of the molecule is COc1cc2nc(C)nc(N[C@H](C)c3ccnc(C(F)(F)F)c3)c2cc1OC1CC1O. The van der Waals surface area contributed by atoms with Crippen LogP contribution in [0.4, 0.5) is 19.0 Å². The van der Waals surface area contributed by atoms with E-state index in [1.165, 1.54) is 13.2 Å². The van der Waals surface area contributed by atoms with E-state index in [-0.39, 0.29) is 6.10 Å². The summed E-state index contributed by atoms with van der Waals surface area (Å²) in [5.41, 5.74) is 0.0528. The second-order valence-corrected chi connectivity index (χ2v) is 7.44. The molecule has 1 aliphatic carbocycles. The van der Waals surface area contributed by atoms with Crippen molar-refractivity contribution < 1.29 is 27.8 Å². The summed E-state index contributed by atoms with van der Waals surface area (Å²) in [7, 11) is 1.51. The number of nitrogens with one attached hydrogen (secondary N) is 1. The number of hydrogen-bond donors (Lipinski definition) is 2. The Morgan fingerprint density at radius 1 is 1.19 bits per heavy atom. The van der Waals surface area contributed by atoms with E-state index in [1.54, 1.807) is 26.0 Å². The Balaban J connectivity index is 1.70. The second-order valence-electron chi connectivity index (χ2n) is 7.44. The highest BCUT2D eigenvalue weighted by atomic mass is 19.4. The summed E-state index contributed by atoms with van der Waals surface area (Å²) >= 11 is 0. The molecule has 10 heteroatoms. The molecule has 0 aliphatic heterocycles. The van der Waals surface area contributed by atoms with Gasteiger partial charge in [0.1, 0.15) is 23.4 Å². The minimum Gasteiger partial charge on any atom is -0.493 e. The first-order valence-electron chi connectivity index (χ1n) is 9.66. The quantitative estimate of drug-likeness (QED) is 0.605. The molecule has 4 rings (SSSR count). The number of ether oxygens (including phenoxy) is 2. The van der Waals surface area contributed by atoms with Gasteiger partial charge in [0, 0.05) is 24.1 Å². The van der Waals surface area contributed by atoms with Crippen LogP contribution in [0.1, 0.15) is 36.5 Å². The summed E-state index contributed by atoms with van der Waals surface area (Å²) in [6.07, 6.45) is -3.66. The zero-order valence-electron chi connectivity index (χ0n) is 17.1. The lowest BCUT2D eigenvalue weighted by Crippen LogP contribution is -2.13. The van der Waals surface area contributed by atoms with Gasteiger partial charge >= 0.3 is 6.18 Å². The standard InChI is InChI=1S/C21H21F3N4O3/c1-10(12-4-5-25-19(6-12)21(22,23)24)26-20-13-7-18(31-16-9-15(16)29)17(30-3)8-14(13)27-11(2)28-20/h4-8,10,15-16,29H,9H2,1-3H3,(H,26,27,28)/t10-,15?,16?/m1/s1. The van der Waals surface area contributed by atoms with Gasteiger partial charge in [0.25, 0.3) is 0 Å². The van der Waals surface area contributed by atoms with Gasteiger partial charge in [-0.2, -0.15) is 13.2 Å². The van der Waals surface area contributed by atoms with Gasteiger partial charge in [-0.05, 0) is 37.6 Å². The van der Waals surface area contributed by atoms with Crippen LogP contribution in [0.5, 0.6) is 11.5 Å². The van der Waals surface area contributed by atoms with Crippen molar-refractivity contribution in [2.45, 2.75) is 44.7 Å². The number of fused-ring (bicyclic) bond motifs is 1. The summed E-state index contributed by atoms with van der Waals surface area (Å²) in [4.78, 5) is 12.3. The molecule has 1 aliphatic rings. The van der Waals surface area contributed by atoms with E-state index in [1.807, 2.05) is 0 Å². The fourth-order valence-electron chi connectivity index (χ4n) is 3.22. The summed E-state index contributed by atoms with van der Waals surface area (Å²) in [5, 5.41) is 13.4. The molecule has 0 bridgehead atoms. The van der Waals surface area contributed by atoms with Crippen LogP contribution < -0.4 is 14.8 Å². The average molecular weight is 434 g/mol. The van der Waals surface area contributed by atoms with Gasteiger partial charge in [0.2, 0.25) is 0 Å². The number of hydrogen-bond acceptors (Lipinski definition) is 7. The monoisotopic (exact) mass is 434 g/mol. The molecule has 1 fully saturated rings. The number of alkyl halides is 3. The number of aliphatic hydroxyl groups is 1. The second kappa shape index (κ2) is 7.84. The largest absolute Gasteiger partial charge is 0.493 e. The van der Waals surface area contributed by atoms with Crippen LogP contribution in [0, 0.1) is 6.92 Å². The molecule has 2 heterocycles. The van der Waals surface area contributed by atoms with Crippen LogP contribution in [0.25, 0.3) is 10.9 Å². The van der Waals surface area contributed by atoms with E-state index in [0.717, 1.165) is 12.3 Å². The van der Waals surface area contributed by atoms with Gasteiger partial charge in [-0.25, -0.2) is 9.97 Å². The molecular weight excluding hydrogens is 413 g/mol. The normalized spacial score (nSPS) is 19.2. The molecular formula is C21H21F3N4O3. The first kappa shape index (κ1) is 21.1. The van der Waals surface area contributed by atoms with Gasteiger partial charge in [0.15, 0.2) is 11.5 Å². The maximum atomic E-state index is 13.0. The van der Waals surface area contributed by atoms with Gasteiger partial charge in [-0.15, -0.1) is 0 Å². The van der Waals surface area contributed by atoms with Gasteiger partial charge in [-0.1, -0.05) is 0 Å². The number of aliphatic hydroxyl groups excluding tert-OH is 1. The smallest absolute Gasteiger partial charge is 0.433 e. The van der Waals surface area contributed by atoms with Crippen molar-refractivity contribution >= 4 is 16.7 Å². The first-order chi connectivity index (χ1) is 14.7. The molecule has 2 unspecified atom stereocenters. The van der Waals surface area contributed by atoms with Crippen molar-refractivity contribution in [3.63, 3.8) is 0 Å². The third-order valence-corrected chi connectivity index (χ3v) is 5.00. The molecule has 2 N–H and O–H groups in total. The lowest BCUT2D eigenvalue weighted by Gasteiger charge is -2.19. The number of methoxy groups -OCH3 is 1. The van der Waals surface area contributed by atoms with E-state index in [4.69, 9.17) is 9.47 Å². The van der Waals surface area contributed by atoms with E-state index in [2.05, 4.69) is 20.3 Å². The molecule has 2 aromatic heterocycles. The van der Waals surface area contributed by atoms with Crippen molar-refractivity contribution in [2.24, 2.45) is 0 Å². The Bertz CT molecular complexity index is 1120. The molecule has 3 atom stereocenters. The molecule has 0 amide bonds. The van der Waals surface area contributed by atoms with E-state index in [9.17, 15) is 18.3 Å². The predicted molar refractivity (Wildman–Crippen MR) is 107 cm³/mol.